The van der Waals surface area contributed by atoms with Gasteiger partial charge in [-0.15, -0.1) is 0 Å². The fraction of sp³-hybridized carbons (Fsp3) is 0.704. The topological polar surface area (TPSA) is 113 Å². The Labute approximate surface area is 236 Å². The molecule has 0 radical (unpaired) electrons. The molecule has 1 amide bonds. The molecule has 2 aromatic heterocycles. The molecule has 2 aromatic rings. The fourth-order valence-corrected chi connectivity index (χ4v) is 7.35. The second-order valence-corrected chi connectivity index (χ2v) is 12.2. The molecule has 1 aliphatic carbocycles. The second kappa shape index (κ2) is 10.4. The number of hydrogen-bond acceptors (Lipinski definition) is 9. The molecule has 0 bridgehead atoms. The average Bonchev–Trinajstić information content (AvgIpc) is 3.64. The number of carbonyl (C=O) groups is 1. The van der Waals surface area contributed by atoms with Crippen LogP contribution in [0.25, 0.3) is 10.9 Å². The van der Waals surface area contributed by atoms with Gasteiger partial charge in [-0.05, 0) is 44.6 Å². The number of fused-ring (bicyclic) bond motifs is 1. The van der Waals surface area contributed by atoms with Gasteiger partial charge in [0.2, 0.25) is 0 Å². The van der Waals surface area contributed by atoms with Crippen LogP contribution in [0, 0.1) is 11.7 Å². The Morgan fingerprint density at radius 3 is 2.80 bits per heavy atom. The quantitative estimate of drug-likeness (QED) is 0.260. The number of amides is 1. The minimum atomic E-state index is -0.910. The van der Waals surface area contributed by atoms with E-state index in [-0.39, 0.29) is 53.2 Å². The normalized spacial score (nSPS) is 30.5. The average molecular weight is 581 g/mol. The predicted molar refractivity (Wildman–Crippen MR) is 144 cm³/mol. The summed E-state index contributed by atoms with van der Waals surface area (Å²) < 4.78 is 35.9. The number of anilines is 1. The summed E-state index contributed by atoms with van der Waals surface area (Å²) in [4.78, 5) is 34.1. The molecule has 40 heavy (non-hydrogen) atoms. The minimum Gasteiger partial charge on any atom is -0.461 e. The van der Waals surface area contributed by atoms with E-state index in [9.17, 15) is 14.4 Å². The lowest BCUT2D eigenvalue weighted by Gasteiger charge is -2.39. The first-order valence-corrected chi connectivity index (χ1v) is 14.5. The number of alkyl halides is 1. The van der Waals surface area contributed by atoms with Crippen LogP contribution < -0.4 is 10.1 Å². The number of carbonyl (C=O) groups excluding carboxylic acids is 1. The van der Waals surface area contributed by atoms with Gasteiger partial charge in [0, 0.05) is 24.9 Å². The number of halogens is 3. The monoisotopic (exact) mass is 580 g/mol. The first kappa shape index (κ1) is 27.6. The third-order valence-electron chi connectivity index (χ3n) is 9.49. The van der Waals surface area contributed by atoms with Crippen molar-refractivity contribution in [3.8, 4) is 6.01 Å². The Hall–Kier alpha value is -2.57. The van der Waals surface area contributed by atoms with Crippen molar-refractivity contribution < 1.29 is 28.5 Å². The van der Waals surface area contributed by atoms with Gasteiger partial charge in [0.25, 0.3) is 0 Å². The van der Waals surface area contributed by atoms with Gasteiger partial charge in [0.05, 0.1) is 28.7 Å². The molecular formula is C27H35ClF2N6O4. The molecule has 5 heterocycles. The maximum Gasteiger partial charge on any atom is 0.441 e. The van der Waals surface area contributed by atoms with Gasteiger partial charge in [0.15, 0.2) is 11.0 Å². The summed E-state index contributed by atoms with van der Waals surface area (Å²) in [6, 6.07) is -0.783. The highest BCUT2D eigenvalue weighted by Crippen LogP contribution is 2.44. The molecule has 2 saturated heterocycles. The molecule has 2 N–H and O–H groups in total. The maximum absolute atomic E-state index is 15.5. The Kier molecular flexibility index (Phi) is 7.15. The number of hydrogen-bond donors (Lipinski definition) is 2. The summed E-state index contributed by atoms with van der Waals surface area (Å²) in [6.45, 7) is 7.37. The van der Waals surface area contributed by atoms with Gasteiger partial charge < -0.3 is 10.1 Å². The van der Waals surface area contributed by atoms with Crippen molar-refractivity contribution in [3.63, 3.8) is 0 Å². The van der Waals surface area contributed by atoms with Gasteiger partial charge in [0.1, 0.15) is 24.1 Å². The van der Waals surface area contributed by atoms with E-state index in [1.165, 1.54) is 0 Å². The van der Waals surface area contributed by atoms with Crippen LogP contribution in [-0.2, 0) is 4.89 Å². The molecule has 0 unspecified atom stereocenters. The lowest BCUT2D eigenvalue weighted by Crippen LogP contribution is -2.53. The van der Waals surface area contributed by atoms with E-state index in [0.717, 1.165) is 32.2 Å². The van der Waals surface area contributed by atoms with Gasteiger partial charge in [-0.1, -0.05) is 32.4 Å². The van der Waals surface area contributed by atoms with E-state index < -0.39 is 23.6 Å². The van der Waals surface area contributed by atoms with Crippen molar-refractivity contribution in [1.29, 1.82) is 0 Å². The molecule has 0 spiro atoms. The van der Waals surface area contributed by atoms with Gasteiger partial charge in [-0.3, -0.25) is 14.7 Å². The van der Waals surface area contributed by atoms with Crippen molar-refractivity contribution in [3.05, 3.63) is 16.7 Å². The Bertz CT molecular complexity index is 1320. The van der Waals surface area contributed by atoms with Crippen molar-refractivity contribution in [1.82, 2.24) is 24.8 Å². The third kappa shape index (κ3) is 4.52. The lowest BCUT2D eigenvalue weighted by molar-refractivity contribution is -0.191. The van der Waals surface area contributed by atoms with Crippen LogP contribution in [0.1, 0.15) is 70.9 Å². The molecule has 1 saturated carbocycles. The first-order valence-electron chi connectivity index (χ1n) is 14.2. The van der Waals surface area contributed by atoms with Gasteiger partial charge >= 0.3 is 12.1 Å². The molecule has 13 heteroatoms. The van der Waals surface area contributed by atoms with Crippen molar-refractivity contribution in [2.24, 2.45) is 5.92 Å². The van der Waals surface area contributed by atoms with Crippen molar-refractivity contribution in [2.45, 2.75) is 95.1 Å². The van der Waals surface area contributed by atoms with E-state index in [1.54, 1.807) is 4.90 Å². The second-order valence-electron chi connectivity index (χ2n) is 11.8. The summed E-state index contributed by atoms with van der Waals surface area (Å²) in [5.74, 6) is -0.753. The first-order chi connectivity index (χ1) is 19.2. The summed E-state index contributed by atoms with van der Waals surface area (Å²) in [5, 5.41) is 12.9. The molecule has 6 atom stereocenters. The van der Waals surface area contributed by atoms with Crippen LogP contribution in [0.3, 0.4) is 0 Å². The number of rotatable bonds is 7. The fourth-order valence-electron chi connectivity index (χ4n) is 7.17. The molecular weight excluding hydrogens is 546 g/mol. The van der Waals surface area contributed by atoms with Crippen molar-refractivity contribution >= 4 is 34.4 Å². The highest BCUT2D eigenvalue weighted by molar-refractivity contribution is 6.30. The Morgan fingerprint density at radius 2 is 2.10 bits per heavy atom. The zero-order valence-electron chi connectivity index (χ0n) is 22.9. The van der Waals surface area contributed by atoms with Crippen LogP contribution in [0.5, 0.6) is 6.01 Å². The molecule has 218 valence electrons. The van der Waals surface area contributed by atoms with Crippen LogP contribution in [0.15, 0.2) is 0 Å². The van der Waals surface area contributed by atoms with Gasteiger partial charge in [-0.2, -0.15) is 15.2 Å². The SMILES string of the molecule is CC[C@@H]([C@H]1Nc2nc(OC[C@@]34CCCN3C[C@H](F)C4)nc3c(F)c(Cl)nc(c23)[C@H](C)[C@@H]1C)N(C(=O)OO)C1CC1. The van der Waals surface area contributed by atoms with Crippen molar-refractivity contribution in [2.75, 3.05) is 25.0 Å². The standard InChI is InChI=1S/C27H35ClF2N6O4/c1-4-17(36(16-6-7-16)26(37)40-38)20-13(2)14(3)21-18-22(19(30)23(28)31-21)33-25(34-24(18)32-20)39-12-27-8-5-9-35(27)11-15(29)10-27/h13-17,20,38H,4-12H2,1-3H3,(H,32,33,34)/t13-,14+,15+,17-,20-,27-/m0/s1. The highest BCUT2D eigenvalue weighted by Gasteiger charge is 2.50. The van der Waals surface area contributed by atoms with E-state index in [2.05, 4.69) is 30.1 Å². The third-order valence-corrected chi connectivity index (χ3v) is 9.74. The highest BCUT2D eigenvalue weighted by atomic mass is 35.5. The number of ether oxygens (including phenoxy) is 1. The molecule has 0 aromatic carbocycles. The summed E-state index contributed by atoms with van der Waals surface area (Å²) >= 11 is 6.27. The van der Waals surface area contributed by atoms with Crippen LogP contribution in [0.2, 0.25) is 5.15 Å². The summed E-state index contributed by atoms with van der Waals surface area (Å²) in [5.41, 5.74) is 0.131. The molecule has 4 aliphatic rings. The van der Waals surface area contributed by atoms with Crippen LogP contribution in [0.4, 0.5) is 19.4 Å². The zero-order valence-corrected chi connectivity index (χ0v) is 23.6. The molecule has 6 rings (SSSR count). The van der Waals surface area contributed by atoms with E-state index in [1.807, 2.05) is 20.8 Å². The van der Waals surface area contributed by atoms with Gasteiger partial charge in [-0.25, -0.2) is 18.6 Å². The largest absolute Gasteiger partial charge is 0.461 e. The molecule has 3 fully saturated rings. The van der Waals surface area contributed by atoms with E-state index in [0.29, 0.717) is 36.3 Å². The Balaban J connectivity index is 1.40. The summed E-state index contributed by atoms with van der Waals surface area (Å²) in [7, 11) is 0. The van der Waals surface area contributed by atoms with E-state index in [4.69, 9.17) is 16.3 Å². The number of pyridine rings is 1. The molecule has 10 nitrogen and oxygen atoms in total. The smallest absolute Gasteiger partial charge is 0.441 e. The Morgan fingerprint density at radius 1 is 1.32 bits per heavy atom. The minimum absolute atomic E-state index is 0.000339. The predicted octanol–water partition coefficient (Wildman–Crippen LogP) is 5.16. The lowest BCUT2D eigenvalue weighted by atomic mass is 9.82. The van der Waals surface area contributed by atoms with E-state index >= 15 is 4.39 Å². The number of aromatic nitrogens is 3. The van der Waals surface area contributed by atoms with Crippen LogP contribution in [-0.4, -0.2) is 85.6 Å². The molecule has 3 aliphatic heterocycles. The summed E-state index contributed by atoms with van der Waals surface area (Å²) in [6.07, 6.45) is 2.65. The maximum atomic E-state index is 15.5. The number of nitrogens with zero attached hydrogens (tertiary/aromatic N) is 5. The number of nitrogens with one attached hydrogen (secondary N) is 1. The zero-order chi connectivity index (χ0) is 28.3. The van der Waals surface area contributed by atoms with Crippen LogP contribution >= 0.6 is 11.6 Å².